The Morgan fingerprint density at radius 2 is 2.41 bits per heavy atom. The molecule has 0 spiro atoms. The van der Waals surface area contributed by atoms with Gasteiger partial charge in [0.2, 0.25) is 0 Å². The maximum absolute atomic E-state index is 9.67. The number of benzene rings is 1. The van der Waals surface area contributed by atoms with E-state index in [2.05, 4.69) is 35.4 Å². The van der Waals surface area contributed by atoms with E-state index in [1.165, 1.54) is 10.5 Å². The fourth-order valence-electron chi connectivity index (χ4n) is 2.03. The Morgan fingerprint density at radius 1 is 1.53 bits per heavy atom. The molecule has 0 radical (unpaired) electrons. The van der Waals surface area contributed by atoms with Crippen LogP contribution in [0.5, 0.6) is 0 Å². The third-order valence-corrected chi connectivity index (χ3v) is 3.60. The number of ether oxygens (including phenoxy) is 1. The molecule has 17 heavy (non-hydrogen) atoms. The van der Waals surface area contributed by atoms with Gasteiger partial charge in [-0.3, -0.25) is 4.90 Å². The average molecular weight is 253 g/mol. The highest BCUT2D eigenvalue weighted by atomic mass is 32.2. The van der Waals surface area contributed by atoms with E-state index in [0.717, 1.165) is 13.1 Å². The molecule has 0 saturated carbocycles. The predicted molar refractivity (Wildman–Crippen MR) is 70.3 cm³/mol. The van der Waals surface area contributed by atoms with Crippen LogP contribution in [0, 0.1) is 0 Å². The fraction of sp³-hybridized carbons (Fsp3) is 0.538. The molecule has 2 rings (SSSR count). The summed E-state index contributed by atoms with van der Waals surface area (Å²) in [7, 11) is 0. The molecule has 3 nitrogen and oxygen atoms in total. The second kappa shape index (κ2) is 6.40. The van der Waals surface area contributed by atoms with E-state index >= 15 is 0 Å². The highest BCUT2D eigenvalue weighted by molar-refractivity contribution is 7.98. The Kier molecular flexibility index (Phi) is 4.86. The van der Waals surface area contributed by atoms with E-state index in [1.807, 2.05) is 0 Å². The number of hydrogen-bond donors (Lipinski definition) is 1. The summed E-state index contributed by atoms with van der Waals surface area (Å²) in [6, 6.07) is 8.56. The van der Waals surface area contributed by atoms with Crippen molar-refractivity contribution in [1.82, 2.24) is 4.90 Å². The lowest BCUT2D eigenvalue weighted by Crippen LogP contribution is -2.32. The first-order chi connectivity index (χ1) is 8.28. The van der Waals surface area contributed by atoms with E-state index in [1.54, 1.807) is 11.8 Å². The molecule has 1 aliphatic rings. The van der Waals surface area contributed by atoms with Crippen LogP contribution >= 0.6 is 11.8 Å². The molecule has 1 heterocycles. The Hall–Kier alpha value is -0.550. The van der Waals surface area contributed by atoms with E-state index in [4.69, 9.17) is 4.74 Å². The molecule has 0 amide bonds. The van der Waals surface area contributed by atoms with Crippen molar-refractivity contribution in [3.8, 4) is 0 Å². The van der Waals surface area contributed by atoms with Crippen LogP contribution in [0.15, 0.2) is 29.2 Å². The van der Waals surface area contributed by atoms with Gasteiger partial charge in [-0.05, 0) is 24.0 Å². The molecule has 0 aromatic heterocycles. The first-order valence-electron chi connectivity index (χ1n) is 5.89. The van der Waals surface area contributed by atoms with Gasteiger partial charge in [0, 0.05) is 24.5 Å². The second-order valence-electron chi connectivity index (χ2n) is 4.32. The zero-order chi connectivity index (χ0) is 12.1. The number of β-amino-alcohol motifs (C(OH)–C–C–N with tert-alkyl or cyclic N) is 1. The number of rotatable bonds is 3. The average Bonchev–Trinajstić information content (AvgIpc) is 2.54. The van der Waals surface area contributed by atoms with Gasteiger partial charge in [0.25, 0.3) is 0 Å². The van der Waals surface area contributed by atoms with Crippen molar-refractivity contribution in [1.29, 1.82) is 0 Å². The lowest BCUT2D eigenvalue weighted by molar-refractivity contribution is 0.0562. The van der Waals surface area contributed by atoms with Gasteiger partial charge in [-0.2, -0.15) is 0 Å². The summed E-state index contributed by atoms with van der Waals surface area (Å²) >= 11 is 1.76. The quantitative estimate of drug-likeness (QED) is 0.830. The fourth-order valence-corrected chi connectivity index (χ4v) is 2.51. The molecule has 1 saturated heterocycles. The molecule has 1 fully saturated rings. The number of hydrogen-bond acceptors (Lipinski definition) is 4. The number of aliphatic hydroxyl groups is 1. The summed E-state index contributed by atoms with van der Waals surface area (Å²) in [5.41, 5.74) is 1.30. The normalized spacial score (nSPS) is 22.4. The van der Waals surface area contributed by atoms with Gasteiger partial charge in [0.05, 0.1) is 19.3 Å². The van der Waals surface area contributed by atoms with Gasteiger partial charge < -0.3 is 9.84 Å². The Morgan fingerprint density at radius 3 is 3.24 bits per heavy atom. The van der Waals surface area contributed by atoms with E-state index < -0.39 is 0 Å². The highest BCUT2D eigenvalue weighted by Crippen LogP contribution is 2.17. The van der Waals surface area contributed by atoms with Gasteiger partial charge in [-0.15, -0.1) is 11.8 Å². The maximum atomic E-state index is 9.67. The standard InChI is InChI=1S/C13H19NO2S/c1-17-13-4-2-3-11(7-13)8-14-5-6-16-10-12(15)9-14/h2-4,7,12,15H,5-6,8-10H2,1H3/t12-/m0/s1. The highest BCUT2D eigenvalue weighted by Gasteiger charge is 2.16. The molecule has 1 aliphatic heterocycles. The van der Waals surface area contributed by atoms with E-state index in [-0.39, 0.29) is 6.10 Å². The van der Waals surface area contributed by atoms with Gasteiger partial charge in [-0.25, -0.2) is 0 Å². The molecular weight excluding hydrogens is 234 g/mol. The summed E-state index contributed by atoms with van der Waals surface area (Å²) < 4.78 is 5.32. The minimum Gasteiger partial charge on any atom is -0.389 e. The van der Waals surface area contributed by atoms with Crippen molar-refractivity contribution in [3.05, 3.63) is 29.8 Å². The van der Waals surface area contributed by atoms with Crippen LogP contribution in [-0.2, 0) is 11.3 Å². The minimum atomic E-state index is -0.360. The van der Waals surface area contributed by atoms with Gasteiger partial charge in [0.1, 0.15) is 0 Å². The zero-order valence-electron chi connectivity index (χ0n) is 10.1. The molecular formula is C13H19NO2S. The smallest absolute Gasteiger partial charge is 0.0900 e. The molecule has 1 N–H and O–H groups in total. The molecule has 94 valence electrons. The molecule has 4 heteroatoms. The summed E-state index contributed by atoms with van der Waals surface area (Å²) in [4.78, 5) is 3.53. The van der Waals surface area contributed by atoms with Crippen LogP contribution in [-0.4, -0.2) is 48.7 Å². The number of thioether (sulfide) groups is 1. The van der Waals surface area contributed by atoms with Crippen LogP contribution < -0.4 is 0 Å². The van der Waals surface area contributed by atoms with Crippen LogP contribution in [0.1, 0.15) is 5.56 Å². The minimum absolute atomic E-state index is 0.360. The SMILES string of the molecule is CSc1cccc(CN2CCOC[C@@H](O)C2)c1. The second-order valence-corrected chi connectivity index (χ2v) is 5.20. The van der Waals surface area contributed by atoms with E-state index in [0.29, 0.717) is 19.8 Å². The lowest BCUT2D eigenvalue weighted by Gasteiger charge is -2.21. The summed E-state index contributed by atoms with van der Waals surface area (Å²) in [5, 5.41) is 9.67. The Balaban J connectivity index is 1.98. The number of nitrogens with zero attached hydrogens (tertiary/aromatic N) is 1. The Bertz CT molecular complexity index is 359. The van der Waals surface area contributed by atoms with E-state index in [9.17, 15) is 5.11 Å². The predicted octanol–water partition coefficient (Wildman–Crippen LogP) is 1.60. The van der Waals surface area contributed by atoms with Crippen LogP contribution in [0.25, 0.3) is 0 Å². The first kappa shape index (κ1) is 12.9. The van der Waals surface area contributed by atoms with Crippen molar-refractivity contribution in [2.45, 2.75) is 17.5 Å². The molecule has 0 aliphatic carbocycles. The molecule has 0 unspecified atom stereocenters. The molecule has 0 bridgehead atoms. The maximum Gasteiger partial charge on any atom is 0.0900 e. The van der Waals surface area contributed by atoms with Gasteiger partial charge >= 0.3 is 0 Å². The van der Waals surface area contributed by atoms with Crippen LogP contribution in [0.4, 0.5) is 0 Å². The monoisotopic (exact) mass is 253 g/mol. The third-order valence-electron chi connectivity index (χ3n) is 2.87. The Labute approximate surface area is 107 Å². The summed E-state index contributed by atoms with van der Waals surface area (Å²) in [5.74, 6) is 0. The van der Waals surface area contributed by atoms with Gasteiger partial charge in [0.15, 0.2) is 0 Å². The topological polar surface area (TPSA) is 32.7 Å². The van der Waals surface area contributed by atoms with Crippen molar-refractivity contribution >= 4 is 11.8 Å². The van der Waals surface area contributed by atoms with Crippen molar-refractivity contribution in [2.75, 3.05) is 32.6 Å². The third kappa shape index (κ3) is 4.00. The zero-order valence-corrected chi connectivity index (χ0v) is 10.9. The lowest BCUT2D eigenvalue weighted by atomic mass is 10.2. The largest absolute Gasteiger partial charge is 0.389 e. The van der Waals surface area contributed by atoms with Crippen LogP contribution in [0.2, 0.25) is 0 Å². The van der Waals surface area contributed by atoms with Gasteiger partial charge in [-0.1, -0.05) is 12.1 Å². The van der Waals surface area contributed by atoms with Crippen molar-refractivity contribution in [3.63, 3.8) is 0 Å². The molecule has 1 aromatic carbocycles. The summed E-state index contributed by atoms with van der Waals surface area (Å²) in [6.07, 6.45) is 1.73. The molecule has 1 atom stereocenters. The van der Waals surface area contributed by atoms with Crippen LogP contribution in [0.3, 0.4) is 0 Å². The first-order valence-corrected chi connectivity index (χ1v) is 7.11. The van der Waals surface area contributed by atoms with Crippen molar-refractivity contribution in [2.24, 2.45) is 0 Å². The summed E-state index contributed by atoms with van der Waals surface area (Å²) in [6.45, 7) is 3.64. The van der Waals surface area contributed by atoms with Crippen molar-refractivity contribution < 1.29 is 9.84 Å². The number of aliphatic hydroxyl groups excluding tert-OH is 1. The molecule has 1 aromatic rings.